The molecule has 23 heavy (non-hydrogen) atoms. The molecule has 0 saturated heterocycles. The molecule has 110 valence electrons. The van der Waals surface area contributed by atoms with Crippen LogP contribution >= 0.6 is 0 Å². The van der Waals surface area contributed by atoms with E-state index in [-0.39, 0.29) is 5.78 Å². The predicted molar refractivity (Wildman–Crippen MR) is 88.3 cm³/mol. The number of carbonyl (C=O) groups is 1. The van der Waals surface area contributed by atoms with Gasteiger partial charge in [0.1, 0.15) is 5.69 Å². The van der Waals surface area contributed by atoms with Gasteiger partial charge in [0.15, 0.2) is 5.78 Å². The second kappa shape index (κ2) is 5.50. The number of hydrogen-bond acceptors (Lipinski definition) is 3. The Balaban J connectivity index is 1.99. The summed E-state index contributed by atoms with van der Waals surface area (Å²) in [5, 5.41) is 4.56. The molecule has 3 heterocycles. The minimum atomic E-state index is -0.0487. The molecule has 0 aliphatic heterocycles. The Morgan fingerprint density at radius 3 is 2.43 bits per heavy atom. The van der Waals surface area contributed by atoms with E-state index in [9.17, 15) is 4.79 Å². The van der Waals surface area contributed by atoms with Gasteiger partial charge in [0.05, 0.1) is 16.8 Å². The van der Waals surface area contributed by atoms with Crippen molar-refractivity contribution in [1.82, 2.24) is 14.6 Å². The molecule has 0 amide bonds. The Kier molecular flexibility index (Phi) is 3.20. The lowest BCUT2D eigenvalue weighted by molar-refractivity contribution is 0.104. The van der Waals surface area contributed by atoms with E-state index in [1.165, 1.54) is 0 Å². The summed E-state index contributed by atoms with van der Waals surface area (Å²) < 4.78 is 1.72. The Bertz CT molecular complexity index is 975. The topological polar surface area (TPSA) is 47.3 Å². The van der Waals surface area contributed by atoms with Gasteiger partial charge in [-0.05, 0) is 24.3 Å². The van der Waals surface area contributed by atoms with Crippen LogP contribution in [0.4, 0.5) is 0 Å². The molecule has 0 saturated carbocycles. The fourth-order valence-electron chi connectivity index (χ4n) is 2.64. The van der Waals surface area contributed by atoms with Crippen molar-refractivity contribution in [2.24, 2.45) is 0 Å². The van der Waals surface area contributed by atoms with Crippen LogP contribution in [0.1, 0.15) is 15.9 Å². The van der Waals surface area contributed by atoms with Crippen LogP contribution in [-0.2, 0) is 0 Å². The normalized spacial score (nSPS) is 10.8. The first kappa shape index (κ1) is 13.4. The average Bonchev–Trinajstić information content (AvgIpc) is 3.02. The minimum Gasteiger partial charge on any atom is -0.288 e. The van der Waals surface area contributed by atoms with Crippen molar-refractivity contribution in [2.45, 2.75) is 0 Å². The Labute approximate surface area is 133 Å². The third-order valence-corrected chi connectivity index (χ3v) is 3.71. The maximum Gasteiger partial charge on any atom is 0.197 e. The third kappa shape index (κ3) is 2.30. The molecular weight excluding hydrogens is 286 g/mol. The molecule has 3 aromatic heterocycles. The highest BCUT2D eigenvalue weighted by Gasteiger charge is 2.22. The zero-order valence-electron chi connectivity index (χ0n) is 12.3. The van der Waals surface area contributed by atoms with Gasteiger partial charge in [-0.1, -0.05) is 42.5 Å². The Morgan fingerprint density at radius 2 is 1.65 bits per heavy atom. The summed E-state index contributed by atoms with van der Waals surface area (Å²) in [4.78, 5) is 17.4. The van der Waals surface area contributed by atoms with Crippen LogP contribution in [0, 0.1) is 0 Å². The van der Waals surface area contributed by atoms with Gasteiger partial charge < -0.3 is 0 Å². The van der Waals surface area contributed by atoms with Crippen molar-refractivity contribution >= 4 is 11.3 Å². The molecule has 0 unspecified atom stereocenters. The lowest BCUT2D eigenvalue weighted by Gasteiger charge is -2.02. The van der Waals surface area contributed by atoms with E-state index < -0.39 is 0 Å². The van der Waals surface area contributed by atoms with E-state index in [0.717, 1.165) is 5.52 Å². The Morgan fingerprint density at radius 1 is 0.870 bits per heavy atom. The first-order chi connectivity index (χ1) is 11.3. The van der Waals surface area contributed by atoms with Gasteiger partial charge in [0.25, 0.3) is 0 Å². The minimum absolute atomic E-state index is 0.0487. The summed E-state index contributed by atoms with van der Waals surface area (Å²) in [7, 11) is 0. The van der Waals surface area contributed by atoms with Crippen molar-refractivity contribution in [1.29, 1.82) is 0 Å². The predicted octanol–water partition coefficient (Wildman–Crippen LogP) is 3.63. The smallest absolute Gasteiger partial charge is 0.197 e. The summed E-state index contributed by atoms with van der Waals surface area (Å²) in [5.41, 5.74) is 3.29. The van der Waals surface area contributed by atoms with Crippen molar-refractivity contribution in [3.8, 4) is 11.4 Å². The summed E-state index contributed by atoms with van der Waals surface area (Å²) in [6.07, 6.45) is 3.54. The van der Waals surface area contributed by atoms with Crippen LogP contribution in [0.25, 0.3) is 16.9 Å². The second-order valence-corrected chi connectivity index (χ2v) is 5.16. The number of ketones is 1. The van der Waals surface area contributed by atoms with E-state index in [2.05, 4.69) is 10.1 Å². The SMILES string of the molecule is O=C(c1ccccc1)c1c(-c2ccccn2)nn2ccccc12. The van der Waals surface area contributed by atoms with Gasteiger partial charge in [0.2, 0.25) is 0 Å². The first-order valence-corrected chi connectivity index (χ1v) is 7.33. The number of rotatable bonds is 3. The van der Waals surface area contributed by atoms with Gasteiger partial charge >= 0.3 is 0 Å². The fourth-order valence-corrected chi connectivity index (χ4v) is 2.64. The van der Waals surface area contributed by atoms with Gasteiger partial charge in [-0.25, -0.2) is 4.52 Å². The zero-order chi connectivity index (χ0) is 15.6. The van der Waals surface area contributed by atoms with Gasteiger partial charge in [-0.2, -0.15) is 5.10 Å². The molecule has 0 radical (unpaired) electrons. The molecular formula is C19H13N3O. The molecule has 0 N–H and O–H groups in total. The fraction of sp³-hybridized carbons (Fsp3) is 0. The second-order valence-electron chi connectivity index (χ2n) is 5.16. The van der Waals surface area contributed by atoms with E-state index in [0.29, 0.717) is 22.5 Å². The molecule has 4 heteroatoms. The number of pyridine rings is 2. The van der Waals surface area contributed by atoms with E-state index in [1.54, 1.807) is 10.7 Å². The molecule has 4 rings (SSSR count). The number of carbonyl (C=O) groups excluding carboxylic acids is 1. The van der Waals surface area contributed by atoms with Gasteiger partial charge in [-0.15, -0.1) is 0 Å². The molecule has 4 aromatic rings. The standard InChI is InChI=1S/C19H13N3O/c23-19(14-8-2-1-3-9-14)17-16-11-5-7-13-22(16)21-18(17)15-10-4-6-12-20-15/h1-13H. The van der Waals surface area contributed by atoms with E-state index in [1.807, 2.05) is 72.9 Å². The summed E-state index contributed by atoms with van der Waals surface area (Å²) in [6.45, 7) is 0. The van der Waals surface area contributed by atoms with Crippen molar-refractivity contribution in [3.63, 3.8) is 0 Å². The quantitative estimate of drug-likeness (QED) is 0.543. The van der Waals surface area contributed by atoms with Crippen LogP contribution in [0.3, 0.4) is 0 Å². The molecule has 0 aliphatic rings. The van der Waals surface area contributed by atoms with Crippen molar-refractivity contribution in [3.05, 3.63) is 90.3 Å². The largest absolute Gasteiger partial charge is 0.288 e. The molecule has 1 aromatic carbocycles. The lowest BCUT2D eigenvalue weighted by Crippen LogP contribution is -2.02. The molecule has 0 spiro atoms. The highest BCUT2D eigenvalue weighted by Crippen LogP contribution is 2.27. The maximum atomic E-state index is 13.0. The van der Waals surface area contributed by atoms with Gasteiger partial charge in [-0.3, -0.25) is 9.78 Å². The molecule has 0 fully saturated rings. The van der Waals surface area contributed by atoms with Gasteiger partial charge in [0, 0.05) is 18.0 Å². The Hall–Kier alpha value is -3.27. The highest BCUT2D eigenvalue weighted by molar-refractivity contribution is 6.16. The van der Waals surface area contributed by atoms with Crippen molar-refractivity contribution < 1.29 is 4.79 Å². The van der Waals surface area contributed by atoms with Crippen LogP contribution in [0.5, 0.6) is 0 Å². The summed E-state index contributed by atoms with van der Waals surface area (Å²) in [5.74, 6) is -0.0487. The molecule has 0 bridgehead atoms. The number of hydrogen-bond donors (Lipinski definition) is 0. The van der Waals surface area contributed by atoms with Crippen molar-refractivity contribution in [2.75, 3.05) is 0 Å². The number of benzene rings is 1. The van der Waals surface area contributed by atoms with E-state index in [4.69, 9.17) is 0 Å². The average molecular weight is 299 g/mol. The lowest BCUT2D eigenvalue weighted by atomic mass is 10.0. The molecule has 4 nitrogen and oxygen atoms in total. The van der Waals surface area contributed by atoms with Crippen LogP contribution in [0.2, 0.25) is 0 Å². The highest BCUT2D eigenvalue weighted by atomic mass is 16.1. The van der Waals surface area contributed by atoms with E-state index >= 15 is 0 Å². The molecule has 0 atom stereocenters. The number of nitrogens with zero attached hydrogens (tertiary/aromatic N) is 3. The summed E-state index contributed by atoms with van der Waals surface area (Å²) in [6, 6.07) is 20.5. The number of fused-ring (bicyclic) bond motifs is 1. The molecule has 0 aliphatic carbocycles. The van der Waals surface area contributed by atoms with Crippen LogP contribution in [0.15, 0.2) is 79.1 Å². The summed E-state index contributed by atoms with van der Waals surface area (Å²) >= 11 is 0. The zero-order valence-corrected chi connectivity index (χ0v) is 12.3. The number of aromatic nitrogens is 3. The van der Waals surface area contributed by atoms with Crippen LogP contribution < -0.4 is 0 Å². The maximum absolute atomic E-state index is 13.0. The third-order valence-electron chi connectivity index (χ3n) is 3.71. The monoisotopic (exact) mass is 299 g/mol. The van der Waals surface area contributed by atoms with Crippen LogP contribution in [-0.4, -0.2) is 20.4 Å². The first-order valence-electron chi connectivity index (χ1n) is 7.33.